The van der Waals surface area contributed by atoms with Gasteiger partial charge in [-0.15, -0.1) is 0 Å². The first-order chi connectivity index (χ1) is 8.49. The maximum absolute atomic E-state index is 11.4. The fourth-order valence-electron chi connectivity index (χ4n) is 1.31. The molecule has 18 heavy (non-hydrogen) atoms. The van der Waals surface area contributed by atoms with Gasteiger partial charge in [0, 0.05) is 11.4 Å². The van der Waals surface area contributed by atoms with E-state index >= 15 is 0 Å². The maximum atomic E-state index is 11.4. The number of aromatic nitrogens is 4. The van der Waals surface area contributed by atoms with Gasteiger partial charge in [0.2, 0.25) is 0 Å². The van der Waals surface area contributed by atoms with Crippen LogP contribution < -0.4 is 5.56 Å². The molecule has 94 valence electrons. The molecule has 0 radical (unpaired) electrons. The van der Waals surface area contributed by atoms with E-state index < -0.39 is 0 Å². The second kappa shape index (κ2) is 5.19. The molecular weight excluding hydrogens is 316 g/mol. The van der Waals surface area contributed by atoms with Crippen LogP contribution in [-0.2, 0) is 0 Å². The molecule has 0 spiro atoms. The van der Waals surface area contributed by atoms with Crippen LogP contribution in [0.3, 0.4) is 0 Å². The molecule has 0 aliphatic rings. The Morgan fingerprint density at radius 1 is 1.22 bits per heavy atom. The highest BCUT2D eigenvalue weighted by Crippen LogP contribution is 2.27. The van der Waals surface area contributed by atoms with E-state index in [0.717, 1.165) is 17.0 Å². The smallest absolute Gasteiger partial charge is 0.266 e. The molecule has 0 saturated carbocycles. The van der Waals surface area contributed by atoms with Gasteiger partial charge in [0.1, 0.15) is 9.50 Å². The van der Waals surface area contributed by atoms with E-state index in [1.54, 1.807) is 0 Å². The number of halogens is 1. The van der Waals surface area contributed by atoms with Crippen molar-refractivity contribution >= 4 is 27.7 Å². The Hall–Kier alpha value is -1.21. The molecule has 0 saturated heterocycles. The van der Waals surface area contributed by atoms with Gasteiger partial charge in [-0.2, -0.15) is 0 Å². The summed E-state index contributed by atoms with van der Waals surface area (Å²) >= 11 is 4.47. The van der Waals surface area contributed by atoms with Gasteiger partial charge in [-0.3, -0.25) is 4.79 Å². The number of hydrogen-bond acceptors (Lipinski definition) is 5. The molecule has 0 unspecified atom stereocenters. The van der Waals surface area contributed by atoms with Crippen molar-refractivity contribution in [3.8, 4) is 0 Å². The van der Waals surface area contributed by atoms with Crippen molar-refractivity contribution in [2.75, 3.05) is 0 Å². The van der Waals surface area contributed by atoms with Crippen molar-refractivity contribution in [2.45, 2.75) is 31.0 Å². The van der Waals surface area contributed by atoms with E-state index in [-0.39, 0.29) is 5.56 Å². The van der Waals surface area contributed by atoms with Crippen LogP contribution in [0.25, 0.3) is 0 Å². The van der Waals surface area contributed by atoms with Crippen LogP contribution >= 0.6 is 27.7 Å². The lowest BCUT2D eigenvalue weighted by molar-refractivity contribution is 0.875. The molecule has 7 heteroatoms. The average molecular weight is 327 g/mol. The van der Waals surface area contributed by atoms with Crippen LogP contribution in [0.4, 0.5) is 0 Å². The predicted molar refractivity (Wildman–Crippen MR) is 72.9 cm³/mol. The van der Waals surface area contributed by atoms with Gasteiger partial charge in [0.05, 0.1) is 6.33 Å². The molecule has 2 heterocycles. The van der Waals surface area contributed by atoms with E-state index in [4.69, 9.17) is 0 Å². The molecule has 0 atom stereocenters. The van der Waals surface area contributed by atoms with Crippen molar-refractivity contribution in [1.29, 1.82) is 0 Å². The SMILES string of the molecule is Cc1nc(Sc2nc[nH]c(=O)c2Br)nc(C)c1C. The third-order valence-electron chi connectivity index (χ3n) is 2.56. The number of nitrogens with one attached hydrogen (secondary N) is 1. The van der Waals surface area contributed by atoms with E-state index in [1.807, 2.05) is 20.8 Å². The minimum Gasteiger partial charge on any atom is -0.312 e. The Balaban J connectivity index is 2.40. The molecule has 5 nitrogen and oxygen atoms in total. The molecule has 2 aromatic heterocycles. The Labute approximate surface area is 117 Å². The van der Waals surface area contributed by atoms with E-state index in [2.05, 4.69) is 35.9 Å². The van der Waals surface area contributed by atoms with Gasteiger partial charge in [0.15, 0.2) is 5.16 Å². The molecule has 0 aromatic carbocycles. The summed E-state index contributed by atoms with van der Waals surface area (Å²) < 4.78 is 0.398. The summed E-state index contributed by atoms with van der Waals surface area (Å²) in [6, 6.07) is 0. The molecule has 0 amide bonds. The van der Waals surface area contributed by atoms with Crippen LogP contribution in [0.2, 0.25) is 0 Å². The van der Waals surface area contributed by atoms with Crippen molar-refractivity contribution < 1.29 is 0 Å². The van der Waals surface area contributed by atoms with Crippen LogP contribution in [0.5, 0.6) is 0 Å². The Morgan fingerprint density at radius 3 is 2.44 bits per heavy atom. The molecule has 0 bridgehead atoms. The van der Waals surface area contributed by atoms with Gasteiger partial charge in [-0.25, -0.2) is 15.0 Å². The molecular formula is C11H11BrN4OS. The lowest BCUT2D eigenvalue weighted by Gasteiger charge is -2.06. The zero-order valence-corrected chi connectivity index (χ0v) is 12.5. The molecule has 0 aliphatic carbocycles. The minimum absolute atomic E-state index is 0.215. The highest BCUT2D eigenvalue weighted by molar-refractivity contribution is 9.10. The van der Waals surface area contributed by atoms with E-state index in [9.17, 15) is 4.79 Å². The molecule has 2 rings (SSSR count). The van der Waals surface area contributed by atoms with E-state index in [1.165, 1.54) is 18.1 Å². The normalized spacial score (nSPS) is 10.7. The summed E-state index contributed by atoms with van der Waals surface area (Å²) in [5, 5.41) is 1.15. The second-order valence-corrected chi connectivity index (χ2v) is 5.50. The Bertz CT molecular complexity index is 633. The summed E-state index contributed by atoms with van der Waals surface area (Å²) in [5.41, 5.74) is 2.74. The summed E-state index contributed by atoms with van der Waals surface area (Å²) in [7, 11) is 0. The van der Waals surface area contributed by atoms with Gasteiger partial charge < -0.3 is 4.98 Å². The lowest BCUT2D eigenvalue weighted by atomic mass is 10.2. The van der Waals surface area contributed by atoms with E-state index in [0.29, 0.717) is 14.7 Å². The lowest BCUT2D eigenvalue weighted by Crippen LogP contribution is -2.08. The third kappa shape index (κ3) is 2.62. The average Bonchev–Trinajstić information content (AvgIpc) is 2.32. The third-order valence-corrected chi connectivity index (χ3v) is 4.43. The summed E-state index contributed by atoms with van der Waals surface area (Å²) in [6.07, 6.45) is 1.36. The van der Waals surface area contributed by atoms with Crippen molar-refractivity contribution in [2.24, 2.45) is 0 Å². The summed E-state index contributed by atoms with van der Waals surface area (Å²) in [6.45, 7) is 5.86. The summed E-state index contributed by atoms with van der Waals surface area (Å²) in [5.74, 6) is 0. The first-order valence-electron chi connectivity index (χ1n) is 5.22. The van der Waals surface area contributed by atoms with Crippen LogP contribution in [0.1, 0.15) is 17.0 Å². The molecule has 0 aliphatic heterocycles. The molecule has 1 N–H and O–H groups in total. The van der Waals surface area contributed by atoms with Crippen LogP contribution in [0, 0.1) is 20.8 Å². The minimum atomic E-state index is -0.215. The zero-order chi connectivity index (χ0) is 13.3. The maximum Gasteiger partial charge on any atom is 0.266 e. The topological polar surface area (TPSA) is 71.5 Å². The number of nitrogens with zero attached hydrogens (tertiary/aromatic N) is 3. The highest BCUT2D eigenvalue weighted by atomic mass is 79.9. The first-order valence-corrected chi connectivity index (χ1v) is 6.83. The number of aryl methyl sites for hydroxylation is 2. The quantitative estimate of drug-likeness (QED) is 0.677. The van der Waals surface area contributed by atoms with Crippen LogP contribution in [-0.4, -0.2) is 19.9 Å². The fourth-order valence-corrected chi connectivity index (χ4v) is 2.60. The highest BCUT2D eigenvalue weighted by Gasteiger charge is 2.11. The van der Waals surface area contributed by atoms with Gasteiger partial charge >= 0.3 is 0 Å². The zero-order valence-electron chi connectivity index (χ0n) is 10.1. The largest absolute Gasteiger partial charge is 0.312 e. The standard InChI is InChI=1S/C11H11BrN4OS/c1-5-6(2)15-11(16-7(5)3)18-10-8(12)9(17)13-4-14-10/h4H,1-3H3,(H,13,14,17). The Morgan fingerprint density at radius 2 is 1.83 bits per heavy atom. The first kappa shape index (κ1) is 13.2. The van der Waals surface area contributed by atoms with Crippen molar-refractivity contribution in [1.82, 2.24) is 19.9 Å². The Kier molecular flexibility index (Phi) is 3.82. The van der Waals surface area contributed by atoms with Gasteiger partial charge in [0.25, 0.3) is 5.56 Å². The number of hydrogen-bond donors (Lipinski definition) is 1. The molecule has 0 fully saturated rings. The van der Waals surface area contributed by atoms with Crippen molar-refractivity contribution in [3.63, 3.8) is 0 Å². The number of H-pyrrole nitrogens is 1. The number of rotatable bonds is 2. The van der Waals surface area contributed by atoms with Gasteiger partial charge in [-0.05, 0) is 54.0 Å². The predicted octanol–water partition coefficient (Wildman–Crippen LogP) is 2.40. The second-order valence-electron chi connectivity index (χ2n) is 3.75. The fraction of sp³-hybridized carbons (Fsp3) is 0.273. The van der Waals surface area contributed by atoms with Gasteiger partial charge in [-0.1, -0.05) is 0 Å². The summed E-state index contributed by atoms with van der Waals surface area (Å²) in [4.78, 5) is 26.8. The molecule has 2 aromatic rings. The monoisotopic (exact) mass is 326 g/mol. The number of aromatic amines is 1. The van der Waals surface area contributed by atoms with Crippen LogP contribution in [0.15, 0.2) is 25.8 Å². The van der Waals surface area contributed by atoms with Crippen molar-refractivity contribution in [3.05, 3.63) is 38.1 Å².